The van der Waals surface area contributed by atoms with Crippen molar-refractivity contribution in [2.45, 2.75) is 18.2 Å². The first-order chi connectivity index (χ1) is 10.4. The van der Waals surface area contributed by atoms with Gasteiger partial charge in [0.2, 0.25) is 0 Å². The third-order valence-corrected chi connectivity index (χ3v) is 4.84. The number of rotatable bonds is 6. The molecule has 0 aliphatic carbocycles. The van der Waals surface area contributed by atoms with Crippen molar-refractivity contribution < 1.29 is 13.2 Å². The Labute approximate surface area is 130 Å². The van der Waals surface area contributed by atoms with Gasteiger partial charge in [0.1, 0.15) is 0 Å². The number of aryl methyl sites for hydroxylation is 1. The zero-order valence-electron chi connectivity index (χ0n) is 12.3. The van der Waals surface area contributed by atoms with Crippen molar-refractivity contribution in [1.82, 2.24) is 9.29 Å². The van der Waals surface area contributed by atoms with Gasteiger partial charge in [0.25, 0.3) is 15.9 Å². The predicted molar refractivity (Wildman–Crippen MR) is 84.2 cm³/mol. The molecule has 1 amide bonds. The Morgan fingerprint density at radius 1 is 1.23 bits per heavy atom. The Bertz CT molecular complexity index is 749. The second kappa shape index (κ2) is 6.76. The average molecular weight is 321 g/mol. The van der Waals surface area contributed by atoms with Crippen molar-refractivity contribution in [2.24, 2.45) is 5.73 Å². The summed E-state index contributed by atoms with van der Waals surface area (Å²) in [6.07, 6.45) is 3.36. The molecule has 1 heterocycles. The van der Waals surface area contributed by atoms with Crippen LogP contribution in [0.1, 0.15) is 22.3 Å². The highest BCUT2D eigenvalue weighted by atomic mass is 32.2. The van der Waals surface area contributed by atoms with E-state index in [0.29, 0.717) is 25.1 Å². The summed E-state index contributed by atoms with van der Waals surface area (Å²) in [6, 6.07) is 8.04. The van der Waals surface area contributed by atoms with E-state index in [-0.39, 0.29) is 10.8 Å². The van der Waals surface area contributed by atoms with Crippen molar-refractivity contribution in [3.05, 3.63) is 53.9 Å². The van der Waals surface area contributed by atoms with Crippen molar-refractivity contribution >= 4 is 15.9 Å². The molecule has 0 fully saturated rings. The van der Waals surface area contributed by atoms with Crippen LogP contribution in [-0.2, 0) is 10.0 Å². The van der Waals surface area contributed by atoms with E-state index in [0.717, 1.165) is 9.54 Å². The van der Waals surface area contributed by atoms with Gasteiger partial charge in [-0.15, -0.1) is 0 Å². The molecule has 22 heavy (non-hydrogen) atoms. The predicted octanol–water partition coefficient (Wildman–Crippen LogP) is 1.11. The Morgan fingerprint density at radius 3 is 2.55 bits per heavy atom. The highest BCUT2D eigenvalue weighted by molar-refractivity contribution is 7.90. The van der Waals surface area contributed by atoms with Gasteiger partial charge in [0.05, 0.1) is 10.5 Å². The van der Waals surface area contributed by atoms with Crippen LogP contribution in [0.15, 0.2) is 47.6 Å². The summed E-state index contributed by atoms with van der Waals surface area (Å²) >= 11 is 0. The molecule has 0 unspecified atom stereocenters. The molecule has 0 spiro atoms. The van der Waals surface area contributed by atoms with E-state index in [1.165, 1.54) is 18.5 Å². The van der Waals surface area contributed by atoms with Crippen LogP contribution >= 0.6 is 0 Å². The molecular weight excluding hydrogens is 302 g/mol. The van der Waals surface area contributed by atoms with Crippen molar-refractivity contribution in [1.29, 1.82) is 0 Å². The van der Waals surface area contributed by atoms with Crippen LogP contribution in [0.5, 0.6) is 0 Å². The molecule has 0 aliphatic rings. The van der Waals surface area contributed by atoms with Crippen LogP contribution in [0.4, 0.5) is 0 Å². The zero-order chi connectivity index (χ0) is 16.2. The number of hydrogen-bond acceptors (Lipinski definition) is 4. The van der Waals surface area contributed by atoms with Gasteiger partial charge >= 0.3 is 0 Å². The SMILES string of the molecule is Cc1ccc(S(=O)(=O)n2ccc(C(=O)NCCCN)c2)cc1. The summed E-state index contributed by atoms with van der Waals surface area (Å²) in [5.74, 6) is -0.314. The number of carbonyl (C=O) groups excluding carboxylic acids is 1. The fourth-order valence-electron chi connectivity index (χ4n) is 1.90. The minimum atomic E-state index is -3.68. The van der Waals surface area contributed by atoms with Crippen LogP contribution in [0.3, 0.4) is 0 Å². The maximum absolute atomic E-state index is 12.5. The van der Waals surface area contributed by atoms with E-state index in [1.54, 1.807) is 24.3 Å². The summed E-state index contributed by atoms with van der Waals surface area (Å²) in [4.78, 5) is 12.1. The van der Waals surface area contributed by atoms with Gasteiger partial charge in [-0.3, -0.25) is 4.79 Å². The van der Waals surface area contributed by atoms with Crippen LogP contribution < -0.4 is 11.1 Å². The van der Waals surface area contributed by atoms with E-state index in [2.05, 4.69) is 5.32 Å². The maximum Gasteiger partial charge on any atom is 0.267 e. The summed E-state index contributed by atoms with van der Waals surface area (Å²) in [7, 11) is -3.68. The van der Waals surface area contributed by atoms with Gasteiger partial charge in [-0.1, -0.05) is 17.7 Å². The molecule has 118 valence electrons. The molecule has 0 aliphatic heterocycles. The monoisotopic (exact) mass is 321 g/mol. The van der Waals surface area contributed by atoms with Crippen molar-refractivity contribution in [3.63, 3.8) is 0 Å². The first-order valence-corrected chi connectivity index (χ1v) is 8.37. The molecule has 1 aromatic heterocycles. The average Bonchev–Trinajstić information content (AvgIpc) is 2.98. The number of aromatic nitrogens is 1. The largest absolute Gasteiger partial charge is 0.352 e. The Kier molecular flexibility index (Phi) is 4.99. The van der Waals surface area contributed by atoms with E-state index in [9.17, 15) is 13.2 Å². The summed E-state index contributed by atoms with van der Waals surface area (Å²) < 4.78 is 26.0. The number of nitrogens with one attached hydrogen (secondary N) is 1. The number of benzene rings is 1. The minimum Gasteiger partial charge on any atom is -0.352 e. The molecule has 0 atom stereocenters. The second-order valence-electron chi connectivity index (χ2n) is 4.95. The fourth-order valence-corrected chi connectivity index (χ4v) is 3.10. The summed E-state index contributed by atoms with van der Waals surface area (Å²) in [5.41, 5.74) is 6.63. The summed E-state index contributed by atoms with van der Waals surface area (Å²) in [5, 5.41) is 2.68. The molecule has 2 aromatic rings. The third-order valence-electron chi connectivity index (χ3n) is 3.19. The molecule has 7 heteroatoms. The van der Waals surface area contributed by atoms with E-state index >= 15 is 0 Å². The lowest BCUT2D eigenvalue weighted by Gasteiger charge is -2.06. The van der Waals surface area contributed by atoms with E-state index in [4.69, 9.17) is 5.73 Å². The standard InChI is InChI=1S/C15H19N3O3S/c1-12-3-5-14(6-4-12)22(20,21)18-10-7-13(11-18)15(19)17-9-2-8-16/h3-7,10-11H,2,8-9,16H2,1H3,(H,17,19). The first kappa shape index (κ1) is 16.3. The molecule has 0 bridgehead atoms. The van der Waals surface area contributed by atoms with Crippen molar-refractivity contribution in [3.8, 4) is 0 Å². The molecular formula is C15H19N3O3S. The molecule has 1 aromatic carbocycles. The van der Waals surface area contributed by atoms with Crippen molar-refractivity contribution in [2.75, 3.05) is 13.1 Å². The number of hydrogen-bond donors (Lipinski definition) is 2. The number of nitrogens with two attached hydrogens (primary N) is 1. The number of nitrogens with zero attached hydrogens (tertiary/aromatic N) is 1. The topological polar surface area (TPSA) is 94.2 Å². The molecule has 0 saturated carbocycles. The third kappa shape index (κ3) is 3.55. The van der Waals surface area contributed by atoms with Crippen LogP contribution in [0, 0.1) is 6.92 Å². The van der Waals surface area contributed by atoms with Gasteiger partial charge in [-0.25, -0.2) is 12.4 Å². The lowest BCUT2D eigenvalue weighted by Crippen LogP contribution is -2.25. The van der Waals surface area contributed by atoms with Gasteiger partial charge < -0.3 is 11.1 Å². The van der Waals surface area contributed by atoms with Crippen LogP contribution in [-0.4, -0.2) is 31.4 Å². The Morgan fingerprint density at radius 2 is 1.91 bits per heavy atom. The molecule has 6 nitrogen and oxygen atoms in total. The lowest BCUT2D eigenvalue weighted by molar-refractivity contribution is 0.0953. The minimum absolute atomic E-state index is 0.184. The number of amides is 1. The van der Waals surface area contributed by atoms with Gasteiger partial charge in [0, 0.05) is 18.9 Å². The maximum atomic E-state index is 12.5. The van der Waals surface area contributed by atoms with Gasteiger partial charge in [0.15, 0.2) is 0 Å². The van der Waals surface area contributed by atoms with E-state index < -0.39 is 10.0 Å². The van der Waals surface area contributed by atoms with Gasteiger partial charge in [-0.05, 0) is 38.1 Å². The zero-order valence-corrected chi connectivity index (χ0v) is 13.1. The highest BCUT2D eigenvalue weighted by Crippen LogP contribution is 2.16. The first-order valence-electron chi connectivity index (χ1n) is 6.93. The molecule has 0 radical (unpaired) electrons. The number of carbonyl (C=O) groups is 1. The fraction of sp³-hybridized carbons (Fsp3) is 0.267. The second-order valence-corrected chi connectivity index (χ2v) is 6.79. The quantitative estimate of drug-likeness (QED) is 0.779. The summed E-state index contributed by atoms with van der Waals surface area (Å²) in [6.45, 7) is 2.84. The normalized spacial score (nSPS) is 11.4. The van der Waals surface area contributed by atoms with E-state index in [1.807, 2.05) is 6.92 Å². The Balaban J connectivity index is 2.19. The smallest absolute Gasteiger partial charge is 0.267 e. The molecule has 2 rings (SSSR count). The molecule has 0 saturated heterocycles. The highest BCUT2D eigenvalue weighted by Gasteiger charge is 2.18. The van der Waals surface area contributed by atoms with Gasteiger partial charge in [-0.2, -0.15) is 0 Å². The Hall–Kier alpha value is -2.12. The van der Waals surface area contributed by atoms with Crippen LogP contribution in [0.2, 0.25) is 0 Å². The molecule has 3 N–H and O–H groups in total. The lowest BCUT2D eigenvalue weighted by atomic mass is 10.2. The van der Waals surface area contributed by atoms with Crippen LogP contribution in [0.25, 0.3) is 0 Å².